The topological polar surface area (TPSA) is 38.3 Å². The lowest BCUT2D eigenvalue weighted by Crippen LogP contribution is -2.37. The van der Waals surface area contributed by atoms with Crippen LogP contribution in [0.15, 0.2) is 0 Å². The van der Waals surface area contributed by atoms with Gasteiger partial charge in [-0.15, -0.1) is 0 Å². The fourth-order valence-electron chi connectivity index (χ4n) is 0.347. The Morgan fingerprint density at radius 2 is 2.09 bits per heavy atom. The van der Waals surface area contributed by atoms with Crippen molar-refractivity contribution in [3.8, 4) is 0 Å². The van der Waals surface area contributed by atoms with Gasteiger partial charge in [0.2, 0.25) is 0 Å². The molecule has 0 rings (SSSR count). The number of carbonyl (C=O) groups excluding carboxylic acids is 1. The highest BCUT2D eigenvalue weighted by atomic mass is 19.4. The third-order valence-corrected chi connectivity index (χ3v) is 0.681. The second-order valence-corrected chi connectivity index (χ2v) is 1.76. The Balaban J connectivity index is 3.53. The van der Waals surface area contributed by atoms with Gasteiger partial charge >= 0.3 is 12.4 Å². The number of ether oxygens (including phenoxy) is 1. The van der Waals surface area contributed by atoms with Crippen molar-refractivity contribution in [1.82, 2.24) is 5.32 Å². The van der Waals surface area contributed by atoms with E-state index >= 15 is 0 Å². The van der Waals surface area contributed by atoms with E-state index in [1.165, 1.54) is 0 Å². The molecular weight excluding hydrogens is 163 g/mol. The second kappa shape index (κ2) is 4.05. The van der Waals surface area contributed by atoms with E-state index < -0.39 is 12.4 Å². The number of rotatable bonds is 2. The zero-order valence-corrected chi connectivity index (χ0v) is 5.86. The zero-order valence-electron chi connectivity index (χ0n) is 5.86. The largest absolute Gasteiger partial charge is 0.487 e. The molecule has 0 aromatic rings. The monoisotopic (exact) mass is 171 g/mol. The number of halogens is 3. The van der Waals surface area contributed by atoms with E-state index in [-0.39, 0.29) is 6.61 Å². The minimum absolute atomic E-state index is 0.0120. The number of amides is 1. The fraction of sp³-hybridized carbons (Fsp3) is 0.800. The lowest BCUT2D eigenvalue weighted by molar-refractivity contribution is -0.150. The molecule has 11 heavy (non-hydrogen) atoms. The maximum atomic E-state index is 11.3. The van der Waals surface area contributed by atoms with Gasteiger partial charge in [-0.25, -0.2) is 10.1 Å². The third kappa shape index (κ3) is 6.95. The third-order valence-electron chi connectivity index (χ3n) is 0.681. The van der Waals surface area contributed by atoms with E-state index in [1.807, 2.05) is 0 Å². The van der Waals surface area contributed by atoms with Crippen LogP contribution in [0.5, 0.6) is 0 Å². The highest BCUT2D eigenvalue weighted by Gasteiger charge is 2.30. The van der Waals surface area contributed by atoms with Gasteiger partial charge in [0.15, 0.2) is 0 Å². The molecule has 1 N–H and O–H groups in total. The molecule has 0 aliphatic rings. The minimum atomic E-state index is -4.70. The lowest BCUT2D eigenvalue weighted by atomic mass is 10.5. The molecule has 0 saturated carbocycles. The molecule has 0 saturated heterocycles. The van der Waals surface area contributed by atoms with Gasteiger partial charge in [0.05, 0.1) is 6.61 Å². The highest BCUT2D eigenvalue weighted by Crippen LogP contribution is 2.09. The fourth-order valence-corrected chi connectivity index (χ4v) is 0.347. The van der Waals surface area contributed by atoms with Crippen LogP contribution in [-0.4, -0.2) is 19.0 Å². The Labute approximate surface area is 61.5 Å². The predicted octanol–water partition coefficient (Wildman–Crippen LogP) is 1.64. The quantitative estimate of drug-likeness (QED) is 0.641. The Morgan fingerprint density at radius 1 is 1.55 bits per heavy atom. The van der Waals surface area contributed by atoms with Crippen LogP contribution < -0.4 is 5.32 Å². The van der Waals surface area contributed by atoms with Gasteiger partial charge in [-0.05, 0) is 6.42 Å². The summed E-state index contributed by atoms with van der Waals surface area (Å²) in [7, 11) is 0. The van der Waals surface area contributed by atoms with Crippen molar-refractivity contribution in [3.05, 3.63) is 0 Å². The molecule has 0 heterocycles. The van der Waals surface area contributed by atoms with Crippen molar-refractivity contribution >= 4 is 6.09 Å². The molecule has 0 aliphatic heterocycles. The summed E-state index contributed by atoms with van der Waals surface area (Å²) in [6.45, 7) is 1.67. The Bertz CT molecular complexity index is 134. The summed E-state index contributed by atoms with van der Waals surface area (Å²) in [6.07, 6.45) is -5.67. The zero-order chi connectivity index (χ0) is 8.91. The summed E-state index contributed by atoms with van der Waals surface area (Å²) in [4.78, 5) is 10.2. The summed E-state index contributed by atoms with van der Waals surface area (Å²) in [5, 5.41) is 0.693. The van der Waals surface area contributed by atoms with Crippen LogP contribution in [0, 0.1) is 0 Å². The Morgan fingerprint density at radius 3 is 2.45 bits per heavy atom. The minimum Gasteiger partial charge on any atom is -0.449 e. The van der Waals surface area contributed by atoms with Crippen molar-refractivity contribution in [1.29, 1.82) is 0 Å². The molecule has 0 aliphatic carbocycles. The first-order valence-electron chi connectivity index (χ1n) is 2.97. The maximum Gasteiger partial charge on any atom is 0.487 e. The summed E-state index contributed by atoms with van der Waals surface area (Å²) >= 11 is 0. The van der Waals surface area contributed by atoms with Crippen LogP contribution in [0.4, 0.5) is 18.0 Å². The van der Waals surface area contributed by atoms with Crippen molar-refractivity contribution < 1.29 is 22.7 Å². The molecule has 0 radical (unpaired) electrons. The highest BCUT2D eigenvalue weighted by molar-refractivity contribution is 5.67. The number of alkyl carbamates (subject to hydrolysis) is 1. The lowest BCUT2D eigenvalue weighted by Gasteiger charge is -2.07. The molecule has 0 aromatic heterocycles. The van der Waals surface area contributed by atoms with Crippen LogP contribution in [0.2, 0.25) is 0 Å². The van der Waals surface area contributed by atoms with Crippen molar-refractivity contribution in [2.75, 3.05) is 6.61 Å². The summed E-state index contributed by atoms with van der Waals surface area (Å²) < 4.78 is 38.1. The van der Waals surface area contributed by atoms with Gasteiger partial charge in [-0.2, -0.15) is 13.2 Å². The molecule has 0 spiro atoms. The molecule has 0 fully saturated rings. The van der Waals surface area contributed by atoms with E-state index in [2.05, 4.69) is 4.74 Å². The van der Waals surface area contributed by atoms with Crippen LogP contribution in [0.25, 0.3) is 0 Å². The van der Waals surface area contributed by atoms with Crippen molar-refractivity contribution in [2.45, 2.75) is 19.6 Å². The SMILES string of the molecule is CCCOC(=O)NC(F)(F)F. The summed E-state index contributed by atoms with van der Waals surface area (Å²) in [6, 6.07) is 0. The van der Waals surface area contributed by atoms with Crippen molar-refractivity contribution in [2.24, 2.45) is 0 Å². The second-order valence-electron chi connectivity index (χ2n) is 1.76. The van der Waals surface area contributed by atoms with E-state index in [0.717, 1.165) is 0 Å². The van der Waals surface area contributed by atoms with E-state index in [1.54, 1.807) is 6.92 Å². The number of nitrogens with one attached hydrogen (secondary N) is 1. The van der Waals surface area contributed by atoms with Gasteiger partial charge in [-0.1, -0.05) is 6.92 Å². The van der Waals surface area contributed by atoms with E-state index in [9.17, 15) is 18.0 Å². The van der Waals surface area contributed by atoms with Gasteiger partial charge in [0, 0.05) is 0 Å². The molecule has 0 bridgehead atoms. The predicted molar refractivity (Wildman–Crippen MR) is 30.8 cm³/mol. The van der Waals surface area contributed by atoms with Gasteiger partial charge in [-0.3, -0.25) is 0 Å². The summed E-state index contributed by atoms with van der Waals surface area (Å²) in [5.41, 5.74) is 0. The first-order chi connectivity index (χ1) is 4.95. The Kier molecular flexibility index (Phi) is 3.70. The molecule has 1 amide bonds. The summed E-state index contributed by atoms with van der Waals surface area (Å²) in [5.74, 6) is 0. The average Bonchev–Trinajstić information content (AvgIpc) is 1.79. The van der Waals surface area contributed by atoms with Crippen LogP contribution in [-0.2, 0) is 4.74 Å². The molecular formula is C5H8F3NO2. The van der Waals surface area contributed by atoms with Crippen LogP contribution >= 0.6 is 0 Å². The van der Waals surface area contributed by atoms with Crippen LogP contribution in [0.1, 0.15) is 13.3 Å². The first-order valence-corrected chi connectivity index (χ1v) is 2.97. The molecule has 0 atom stereocenters. The smallest absolute Gasteiger partial charge is 0.449 e. The van der Waals surface area contributed by atoms with Crippen molar-refractivity contribution in [3.63, 3.8) is 0 Å². The van der Waals surface area contributed by atoms with E-state index in [4.69, 9.17) is 0 Å². The van der Waals surface area contributed by atoms with Crippen LogP contribution in [0.3, 0.4) is 0 Å². The molecule has 0 unspecified atom stereocenters. The molecule has 6 heteroatoms. The Hall–Kier alpha value is -0.940. The van der Waals surface area contributed by atoms with Gasteiger partial charge < -0.3 is 4.74 Å². The number of hydrogen-bond acceptors (Lipinski definition) is 2. The number of hydrogen-bond donors (Lipinski definition) is 1. The molecule has 3 nitrogen and oxygen atoms in total. The first kappa shape index (κ1) is 10.1. The van der Waals surface area contributed by atoms with E-state index in [0.29, 0.717) is 11.7 Å². The molecule has 66 valence electrons. The molecule has 0 aromatic carbocycles. The average molecular weight is 171 g/mol. The van der Waals surface area contributed by atoms with Gasteiger partial charge in [0.25, 0.3) is 0 Å². The normalized spacial score (nSPS) is 10.9. The number of alkyl halides is 3. The van der Waals surface area contributed by atoms with Gasteiger partial charge in [0.1, 0.15) is 0 Å². The maximum absolute atomic E-state index is 11.3. The standard InChI is InChI=1S/C5H8F3NO2/c1-2-3-11-4(10)9-5(6,7)8/h2-3H2,1H3,(H,9,10). The number of carbonyl (C=O) groups is 1.